The molecule has 108 valence electrons. The number of nitrogens with one attached hydrogen (secondary N) is 1. The number of hydrogen-bond donors (Lipinski definition) is 1. The maximum Gasteiger partial charge on any atom is 0.119 e. The van der Waals surface area contributed by atoms with Gasteiger partial charge in [-0.1, -0.05) is 26.0 Å². The van der Waals surface area contributed by atoms with Crippen molar-refractivity contribution in [1.82, 2.24) is 5.32 Å². The normalized spacial score (nSPS) is 10.9. The standard InChI is InChI=1S/C17H23NO2/c1-14(2)9-11-20-16-7-5-15(6-8-16)12-18-13-17-4-3-10-19-17/h3-8,10,14,18H,9,11-13H2,1-2H3. The molecule has 2 rings (SSSR count). The van der Waals surface area contributed by atoms with Gasteiger partial charge in [0, 0.05) is 6.54 Å². The number of ether oxygens (including phenoxy) is 1. The van der Waals surface area contributed by atoms with Crippen molar-refractivity contribution >= 4 is 0 Å². The van der Waals surface area contributed by atoms with Crippen molar-refractivity contribution in [2.45, 2.75) is 33.4 Å². The van der Waals surface area contributed by atoms with Gasteiger partial charge < -0.3 is 14.5 Å². The molecule has 3 nitrogen and oxygen atoms in total. The highest BCUT2D eigenvalue weighted by Gasteiger charge is 1.99. The Labute approximate surface area is 121 Å². The molecule has 1 N–H and O–H groups in total. The molecule has 1 heterocycles. The predicted octanol–water partition coefficient (Wildman–Crippen LogP) is 3.99. The topological polar surface area (TPSA) is 34.4 Å². The van der Waals surface area contributed by atoms with E-state index in [1.54, 1.807) is 6.26 Å². The third kappa shape index (κ3) is 5.10. The van der Waals surface area contributed by atoms with Crippen LogP contribution in [0.15, 0.2) is 47.1 Å². The monoisotopic (exact) mass is 273 g/mol. The Morgan fingerprint density at radius 3 is 2.55 bits per heavy atom. The van der Waals surface area contributed by atoms with Crippen molar-refractivity contribution < 1.29 is 9.15 Å². The van der Waals surface area contributed by atoms with Crippen LogP contribution in [0.4, 0.5) is 0 Å². The van der Waals surface area contributed by atoms with E-state index in [2.05, 4.69) is 31.3 Å². The third-order valence-electron chi connectivity index (χ3n) is 3.10. The third-order valence-corrected chi connectivity index (χ3v) is 3.10. The first-order valence-corrected chi connectivity index (χ1v) is 7.19. The fraction of sp³-hybridized carbons (Fsp3) is 0.412. The van der Waals surface area contributed by atoms with Gasteiger partial charge in [0.05, 0.1) is 19.4 Å². The largest absolute Gasteiger partial charge is 0.494 e. The van der Waals surface area contributed by atoms with Gasteiger partial charge in [0.25, 0.3) is 0 Å². The molecule has 1 aromatic heterocycles. The number of hydrogen-bond acceptors (Lipinski definition) is 3. The van der Waals surface area contributed by atoms with Crippen LogP contribution in [0, 0.1) is 5.92 Å². The van der Waals surface area contributed by atoms with E-state index < -0.39 is 0 Å². The smallest absolute Gasteiger partial charge is 0.119 e. The van der Waals surface area contributed by atoms with Crippen LogP contribution in [0.2, 0.25) is 0 Å². The van der Waals surface area contributed by atoms with E-state index in [-0.39, 0.29) is 0 Å². The summed E-state index contributed by atoms with van der Waals surface area (Å²) in [7, 11) is 0. The van der Waals surface area contributed by atoms with Crippen molar-refractivity contribution in [2.75, 3.05) is 6.61 Å². The molecule has 0 amide bonds. The summed E-state index contributed by atoms with van der Waals surface area (Å²) >= 11 is 0. The van der Waals surface area contributed by atoms with Crippen LogP contribution in [-0.4, -0.2) is 6.61 Å². The Hall–Kier alpha value is -1.74. The molecule has 3 heteroatoms. The maximum absolute atomic E-state index is 5.70. The minimum atomic E-state index is 0.681. The van der Waals surface area contributed by atoms with Crippen LogP contribution in [0.25, 0.3) is 0 Å². The quantitative estimate of drug-likeness (QED) is 0.789. The highest BCUT2D eigenvalue weighted by atomic mass is 16.5. The second-order valence-electron chi connectivity index (χ2n) is 5.36. The van der Waals surface area contributed by atoms with Crippen molar-refractivity contribution in [3.8, 4) is 5.75 Å². The molecule has 0 saturated heterocycles. The molecule has 0 saturated carbocycles. The first-order valence-electron chi connectivity index (χ1n) is 7.19. The summed E-state index contributed by atoms with van der Waals surface area (Å²) < 4.78 is 11.0. The minimum Gasteiger partial charge on any atom is -0.494 e. The first kappa shape index (κ1) is 14.7. The van der Waals surface area contributed by atoms with Crippen LogP contribution in [0.3, 0.4) is 0 Å². The summed E-state index contributed by atoms with van der Waals surface area (Å²) in [5.41, 5.74) is 1.24. The molecular formula is C17H23NO2. The minimum absolute atomic E-state index is 0.681. The molecule has 0 atom stereocenters. The average molecular weight is 273 g/mol. The SMILES string of the molecule is CC(C)CCOc1ccc(CNCc2ccco2)cc1. The van der Waals surface area contributed by atoms with Gasteiger partial charge >= 0.3 is 0 Å². The summed E-state index contributed by atoms with van der Waals surface area (Å²) in [6.45, 7) is 6.77. The van der Waals surface area contributed by atoms with Gasteiger partial charge in [0.15, 0.2) is 0 Å². The van der Waals surface area contributed by atoms with Gasteiger partial charge in [0.1, 0.15) is 11.5 Å². The van der Waals surface area contributed by atoms with E-state index in [4.69, 9.17) is 9.15 Å². The Morgan fingerprint density at radius 1 is 1.10 bits per heavy atom. The first-order chi connectivity index (χ1) is 9.74. The van der Waals surface area contributed by atoms with E-state index in [0.717, 1.165) is 37.6 Å². The predicted molar refractivity (Wildman–Crippen MR) is 80.6 cm³/mol. The second-order valence-corrected chi connectivity index (χ2v) is 5.36. The molecule has 0 aliphatic heterocycles. The molecule has 0 fully saturated rings. The molecule has 0 unspecified atom stereocenters. The van der Waals surface area contributed by atoms with Crippen LogP contribution in [-0.2, 0) is 13.1 Å². The van der Waals surface area contributed by atoms with E-state index >= 15 is 0 Å². The summed E-state index contributed by atoms with van der Waals surface area (Å²) in [6.07, 6.45) is 2.78. The lowest BCUT2D eigenvalue weighted by atomic mass is 10.1. The molecule has 0 radical (unpaired) electrons. The number of benzene rings is 1. The van der Waals surface area contributed by atoms with Gasteiger partial charge in [-0.3, -0.25) is 0 Å². The molecule has 20 heavy (non-hydrogen) atoms. The van der Waals surface area contributed by atoms with Crippen LogP contribution < -0.4 is 10.1 Å². The van der Waals surface area contributed by atoms with Crippen LogP contribution in [0.5, 0.6) is 5.75 Å². The Morgan fingerprint density at radius 2 is 1.90 bits per heavy atom. The Kier molecular flexibility index (Phi) is 5.69. The van der Waals surface area contributed by atoms with Crippen LogP contribution in [0.1, 0.15) is 31.6 Å². The molecule has 0 spiro atoms. The number of rotatable bonds is 8. The fourth-order valence-corrected chi connectivity index (χ4v) is 1.86. The van der Waals surface area contributed by atoms with E-state index in [1.165, 1.54) is 5.56 Å². The Balaban J connectivity index is 1.71. The molecule has 1 aromatic carbocycles. The molecular weight excluding hydrogens is 250 g/mol. The van der Waals surface area contributed by atoms with E-state index in [1.807, 2.05) is 24.3 Å². The van der Waals surface area contributed by atoms with E-state index in [9.17, 15) is 0 Å². The van der Waals surface area contributed by atoms with Crippen molar-refractivity contribution in [3.05, 3.63) is 54.0 Å². The molecule has 0 aliphatic rings. The van der Waals surface area contributed by atoms with Crippen LogP contribution >= 0.6 is 0 Å². The van der Waals surface area contributed by atoms with Crippen molar-refractivity contribution in [3.63, 3.8) is 0 Å². The van der Waals surface area contributed by atoms with Crippen molar-refractivity contribution in [2.24, 2.45) is 5.92 Å². The molecule has 2 aromatic rings. The molecule has 0 bridgehead atoms. The lowest BCUT2D eigenvalue weighted by Crippen LogP contribution is -2.12. The van der Waals surface area contributed by atoms with Gasteiger partial charge in [-0.25, -0.2) is 0 Å². The van der Waals surface area contributed by atoms with Gasteiger partial charge in [-0.05, 0) is 42.2 Å². The van der Waals surface area contributed by atoms with E-state index in [0.29, 0.717) is 5.92 Å². The number of furan rings is 1. The zero-order valence-electron chi connectivity index (χ0n) is 12.3. The summed E-state index contributed by atoms with van der Waals surface area (Å²) in [5, 5.41) is 3.35. The summed E-state index contributed by atoms with van der Waals surface area (Å²) in [4.78, 5) is 0. The second kappa shape index (κ2) is 7.75. The van der Waals surface area contributed by atoms with Gasteiger partial charge in [-0.2, -0.15) is 0 Å². The summed E-state index contributed by atoms with van der Waals surface area (Å²) in [6, 6.07) is 12.1. The lowest BCUT2D eigenvalue weighted by Gasteiger charge is -2.09. The average Bonchev–Trinajstić information content (AvgIpc) is 2.93. The zero-order valence-corrected chi connectivity index (χ0v) is 12.3. The zero-order chi connectivity index (χ0) is 14.2. The van der Waals surface area contributed by atoms with Gasteiger partial charge in [-0.15, -0.1) is 0 Å². The van der Waals surface area contributed by atoms with Crippen molar-refractivity contribution in [1.29, 1.82) is 0 Å². The van der Waals surface area contributed by atoms with Gasteiger partial charge in [0.2, 0.25) is 0 Å². The highest BCUT2D eigenvalue weighted by molar-refractivity contribution is 5.27. The fourth-order valence-electron chi connectivity index (χ4n) is 1.86. The summed E-state index contributed by atoms with van der Waals surface area (Å²) in [5.74, 6) is 2.58. The maximum atomic E-state index is 5.70. The lowest BCUT2D eigenvalue weighted by molar-refractivity contribution is 0.289. The Bertz CT molecular complexity index is 474. The molecule has 0 aliphatic carbocycles. The highest BCUT2D eigenvalue weighted by Crippen LogP contribution is 2.13.